The smallest absolute Gasteiger partial charge is 0.112 e. The molecule has 0 aromatic carbocycles. The van der Waals surface area contributed by atoms with Gasteiger partial charge in [0.25, 0.3) is 0 Å². The lowest BCUT2D eigenvalue weighted by Crippen LogP contribution is -1.51. The summed E-state index contributed by atoms with van der Waals surface area (Å²) in [5.74, 6) is 0. The number of hydrogen-bond donors (Lipinski definition) is 1. The van der Waals surface area contributed by atoms with E-state index in [9.17, 15) is 0 Å². The summed E-state index contributed by atoms with van der Waals surface area (Å²) in [5.41, 5.74) is 0. The highest BCUT2D eigenvalue weighted by molar-refractivity contribution is 9.27. The van der Waals surface area contributed by atoms with E-state index in [4.69, 9.17) is 0 Å². The molecule has 0 aliphatic heterocycles. The van der Waals surface area contributed by atoms with Gasteiger partial charge in [-0.25, -0.2) is 0 Å². The lowest BCUT2D eigenvalue weighted by Gasteiger charge is -1.73. The van der Waals surface area contributed by atoms with Crippen molar-refractivity contribution in [2.45, 2.75) is 3.07 Å². The summed E-state index contributed by atoms with van der Waals surface area (Å²) in [6, 6.07) is 0. The third kappa shape index (κ3) is 10.3. The van der Waals surface area contributed by atoms with E-state index >= 15 is 0 Å². The molecule has 0 nitrogen and oxygen atoms in total. The number of rotatable bonds is 0. The summed E-state index contributed by atoms with van der Waals surface area (Å²) < 4.78 is 0.153. The summed E-state index contributed by atoms with van der Waals surface area (Å²) in [7, 11) is 0. The van der Waals surface area contributed by atoms with Crippen molar-refractivity contribution in [3.05, 3.63) is 0 Å². The maximum atomic E-state index is 3.80. The second kappa shape index (κ2) is 2.54. The quantitative estimate of drug-likeness (QED) is 0.454. The Morgan fingerprint density at radius 1 is 1.50 bits per heavy atom. The second-order valence-electron chi connectivity index (χ2n) is 0.278. The van der Waals surface area contributed by atoms with Crippen LogP contribution in [0.2, 0.25) is 0 Å². The van der Waals surface area contributed by atoms with Crippen molar-refractivity contribution in [1.29, 1.82) is 0 Å². The minimum atomic E-state index is 0.153. The Morgan fingerprint density at radius 2 is 1.50 bits per heavy atom. The Bertz CT molecular complexity index is 10.8. The monoisotopic (exact) mass is 204 g/mol. The molecule has 0 radical (unpaired) electrons. The minimum Gasteiger partial charge on any atom is -0.153 e. The third-order valence-electron chi connectivity index (χ3n) is 0. The molecule has 0 atom stereocenters. The topological polar surface area (TPSA) is 0 Å². The van der Waals surface area contributed by atoms with Crippen LogP contribution in [0.5, 0.6) is 0 Å². The summed E-state index contributed by atoms with van der Waals surface area (Å²) in [5, 5.41) is 0. The van der Waals surface area contributed by atoms with Crippen LogP contribution in [-0.2, 0) is 0 Å². The van der Waals surface area contributed by atoms with E-state index in [2.05, 4.69) is 44.5 Å². The van der Waals surface area contributed by atoms with Gasteiger partial charge in [0.15, 0.2) is 0 Å². The van der Waals surface area contributed by atoms with Crippen LogP contribution >= 0.6 is 44.5 Å². The maximum absolute atomic E-state index is 3.80. The predicted octanol–water partition coefficient (Wildman–Crippen LogP) is 1.99. The number of halogens is 2. The molecule has 0 saturated carbocycles. The molecule has 0 spiro atoms. The average Bonchev–Trinajstić information content (AvgIpc) is 0.811. The first-order chi connectivity index (χ1) is 1.73. The van der Waals surface area contributed by atoms with Crippen molar-refractivity contribution in [3.63, 3.8) is 0 Å². The van der Waals surface area contributed by atoms with Crippen molar-refractivity contribution < 1.29 is 0 Å². The standard InChI is InChI=1S/CH2Br2S/c2-1(3)4/h1,4H. The van der Waals surface area contributed by atoms with E-state index in [1.54, 1.807) is 0 Å². The first-order valence-corrected chi connectivity index (χ1v) is 3.04. The fourth-order valence-electron chi connectivity index (χ4n) is 0. The third-order valence-corrected chi connectivity index (χ3v) is 0. The highest BCUT2D eigenvalue weighted by Gasteiger charge is 1.75. The molecule has 0 aliphatic carbocycles. The van der Waals surface area contributed by atoms with Crippen LogP contribution in [0.25, 0.3) is 0 Å². The molecule has 0 N–H and O–H groups in total. The van der Waals surface area contributed by atoms with E-state index in [0.717, 1.165) is 0 Å². The van der Waals surface area contributed by atoms with Crippen molar-refractivity contribution in [3.8, 4) is 0 Å². The number of hydrogen-bond acceptors (Lipinski definition) is 1. The predicted molar refractivity (Wildman–Crippen MR) is 30.6 cm³/mol. The van der Waals surface area contributed by atoms with Crippen LogP contribution in [-0.4, -0.2) is 3.07 Å². The molecule has 26 valence electrons. The van der Waals surface area contributed by atoms with Gasteiger partial charge in [-0.1, -0.05) is 31.9 Å². The molecule has 0 fully saturated rings. The van der Waals surface area contributed by atoms with Crippen LogP contribution in [0.15, 0.2) is 0 Å². The summed E-state index contributed by atoms with van der Waals surface area (Å²) >= 11 is 9.90. The Labute approximate surface area is 47.6 Å². The Balaban J connectivity index is 2.32. The molecule has 0 saturated heterocycles. The van der Waals surface area contributed by atoms with Crippen LogP contribution in [0.1, 0.15) is 0 Å². The fraction of sp³-hybridized carbons (Fsp3) is 1.00. The zero-order chi connectivity index (χ0) is 3.58. The highest BCUT2D eigenvalue weighted by atomic mass is 79.9. The molecular formula is CH2Br2S. The number of alkyl halides is 2. The number of thiol groups is 1. The first kappa shape index (κ1) is 5.31. The molecular weight excluding hydrogens is 204 g/mol. The van der Waals surface area contributed by atoms with Gasteiger partial charge in [-0.2, -0.15) is 12.6 Å². The molecule has 4 heavy (non-hydrogen) atoms. The lowest BCUT2D eigenvalue weighted by atomic mass is 11.9. The van der Waals surface area contributed by atoms with E-state index in [-0.39, 0.29) is 3.07 Å². The highest BCUT2D eigenvalue weighted by Crippen LogP contribution is 2.09. The van der Waals surface area contributed by atoms with Crippen LogP contribution in [0, 0.1) is 0 Å². The van der Waals surface area contributed by atoms with Gasteiger partial charge < -0.3 is 0 Å². The Morgan fingerprint density at radius 3 is 1.50 bits per heavy atom. The molecule has 0 aromatic heterocycles. The van der Waals surface area contributed by atoms with E-state index in [1.807, 2.05) is 0 Å². The minimum absolute atomic E-state index is 0.153. The molecule has 0 aromatic rings. The molecule has 0 heterocycles. The van der Waals surface area contributed by atoms with Gasteiger partial charge in [-0.3, -0.25) is 0 Å². The normalized spacial score (nSPS) is 9.00. The van der Waals surface area contributed by atoms with Crippen molar-refractivity contribution in [1.82, 2.24) is 0 Å². The summed E-state index contributed by atoms with van der Waals surface area (Å²) in [4.78, 5) is 0. The van der Waals surface area contributed by atoms with Crippen LogP contribution < -0.4 is 0 Å². The molecule has 0 unspecified atom stereocenters. The van der Waals surface area contributed by atoms with Gasteiger partial charge in [-0.15, -0.1) is 0 Å². The van der Waals surface area contributed by atoms with Gasteiger partial charge in [-0.05, 0) is 0 Å². The zero-order valence-electron chi connectivity index (χ0n) is 1.78. The van der Waals surface area contributed by atoms with Crippen molar-refractivity contribution >= 4 is 44.5 Å². The van der Waals surface area contributed by atoms with Gasteiger partial charge in [0.2, 0.25) is 0 Å². The summed E-state index contributed by atoms with van der Waals surface area (Å²) in [6.45, 7) is 0. The Hall–Kier alpha value is 1.31. The summed E-state index contributed by atoms with van der Waals surface area (Å²) in [6.07, 6.45) is 0. The fourth-order valence-corrected chi connectivity index (χ4v) is 0. The van der Waals surface area contributed by atoms with Gasteiger partial charge in [0.1, 0.15) is 3.07 Å². The van der Waals surface area contributed by atoms with Gasteiger partial charge >= 0.3 is 0 Å². The van der Waals surface area contributed by atoms with Crippen molar-refractivity contribution in [2.24, 2.45) is 0 Å². The largest absolute Gasteiger partial charge is 0.153 e. The van der Waals surface area contributed by atoms with Gasteiger partial charge in [0, 0.05) is 0 Å². The molecule has 0 amide bonds. The lowest BCUT2D eigenvalue weighted by molar-refractivity contribution is 2.24. The van der Waals surface area contributed by atoms with E-state index in [0.29, 0.717) is 0 Å². The average molecular weight is 206 g/mol. The van der Waals surface area contributed by atoms with Crippen LogP contribution in [0.4, 0.5) is 0 Å². The zero-order valence-corrected chi connectivity index (χ0v) is 5.85. The van der Waals surface area contributed by atoms with E-state index < -0.39 is 0 Å². The molecule has 3 heteroatoms. The Kier molecular flexibility index (Phi) is 3.37. The van der Waals surface area contributed by atoms with Crippen molar-refractivity contribution in [2.75, 3.05) is 0 Å². The first-order valence-electron chi connectivity index (χ1n) is 0.695. The van der Waals surface area contributed by atoms with Gasteiger partial charge in [0.05, 0.1) is 0 Å². The molecule has 0 bridgehead atoms. The SMILES string of the molecule is SC(Br)Br. The van der Waals surface area contributed by atoms with Crippen LogP contribution in [0.3, 0.4) is 0 Å². The molecule has 0 rings (SSSR count). The maximum Gasteiger partial charge on any atom is 0.112 e. The van der Waals surface area contributed by atoms with E-state index in [1.165, 1.54) is 0 Å². The second-order valence-corrected chi connectivity index (χ2v) is 5.27. The molecule has 0 aliphatic rings.